The van der Waals surface area contributed by atoms with Crippen LogP contribution in [0.1, 0.15) is 26.7 Å². The third kappa shape index (κ3) is 2.96. The summed E-state index contributed by atoms with van der Waals surface area (Å²) in [6.07, 6.45) is 1.13. The predicted octanol–water partition coefficient (Wildman–Crippen LogP) is -0.209. The van der Waals surface area contributed by atoms with Gasteiger partial charge < -0.3 is 10.4 Å². The van der Waals surface area contributed by atoms with E-state index in [-0.39, 0.29) is 12.3 Å². The molecule has 1 aliphatic heterocycles. The van der Waals surface area contributed by atoms with E-state index in [1.807, 2.05) is 0 Å². The molecule has 1 saturated heterocycles. The number of carbonyl (C=O) groups excluding carboxylic acids is 1. The average Bonchev–Trinajstić information content (AvgIpc) is 2.53. The van der Waals surface area contributed by atoms with Crippen LogP contribution in [-0.2, 0) is 19.4 Å². The van der Waals surface area contributed by atoms with Crippen LogP contribution in [0.15, 0.2) is 0 Å². The number of carboxylic acids is 1. The Morgan fingerprint density at radius 3 is 2.41 bits per heavy atom. The van der Waals surface area contributed by atoms with Crippen molar-refractivity contribution in [1.29, 1.82) is 0 Å². The van der Waals surface area contributed by atoms with Gasteiger partial charge in [0.05, 0.1) is 11.0 Å². The Morgan fingerprint density at radius 2 is 2.00 bits per heavy atom. The zero-order valence-corrected chi connectivity index (χ0v) is 10.7. The van der Waals surface area contributed by atoms with Gasteiger partial charge in [0.1, 0.15) is 5.41 Å². The van der Waals surface area contributed by atoms with Crippen LogP contribution in [0, 0.1) is 5.41 Å². The van der Waals surface area contributed by atoms with E-state index in [4.69, 9.17) is 5.11 Å². The SMILES string of the molecule is CC(C)(C(=O)O)C(=O)NCC1CCCS1(=O)=O. The maximum atomic E-state index is 11.6. The Kier molecular flexibility index (Phi) is 3.81. The predicted molar refractivity (Wildman–Crippen MR) is 61.2 cm³/mol. The first-order valence-electron chi connectivity index (χ1n) is 5.41. The molecule has 2 N–H and O–H groups in total. The Morgan fingerprint density at radius 1 is 1.41 bits per heavy atom. The first kappa shape index (κ1) is 14.0. The van der Waals surface area contributed by atoms with Crippen LogP contribution in [0.4, 0.5) is 0 Å². The highest BCUT2D eigenvalue weighted by atomic mass is 32.2. The number of carbonyl (C=O) groups is 2. The van der Waals surface area contributed by atoms with Crippen LogP contribution in [0.25, 0.3) is 0 Å². The monoisotopic (exact) mass is 263 g/mol. The molecule has 1 heterocycles. The molecule has 1 amide bonds. The third-order valence-corrected chi connectivity index (χ3v) is 5.33. The number of amides is 1. The summed E-state index contributed by atoms with van der Waals surface area (Å²) in [6.45, 7) is 2.57. The molecule has 0 saturated carbocycles. The molecular weight excluding hydrogens is 246 g/mol. The Bertz CT molecular complexity index is 426. The summed E-state index contributed by atoms with van der Waals surface area (Å²) >= 11 is 0. The Balaban J connectivity index is 2.58. The molecule has 0 spiro atoms. The largest absolute Gasteiger partial charge is 0.480 e. The lowest BCUT2D eigenvalue weighted by molar-refractivity contribution is -0.153. The highest BCUT2D eigenvalue weighted by Gasteiger charge is 2.37. The van der Waals surface area contributed by atoms with Crippen molar-refractivity contribution < 1.29 is 23.1 Å². The van der Waals surface area contributed by atoms with Crippen molar-refractivity contribution in [3.8, 4) is 0 Å². The molecular formula is C10H17NO5S. The number of sulfone groups is 1. The maximum Gasteiger partial charge on any atom is 0.318 e. The molecule has 17 heavy (non-hydrogen) atoms. The van der Waals surface area contributed by atoms with Crippen molar-refractivity contribution in [2.45, 2.75) is 31.9 Å². The number of carboxylic acid groups (broad SMARTS) is 1. The van der Waals surface area contributed by atoms with E-state index in [0.717, 1.165) is 0 Å². The fourth-order valence-electron chi connectivity index (χ4n) is 1.61. The number of nitrogens with one attached hydrogen (secondary N) is 1. The minimum Gasteiger partial charge on any atom is -0.480 e. The average molecular weight is 263 g/mol. The summed E-state index contributed by atoms with van der Waals surface area (Å²) in [7, 11) is -3.11. The molecule has 1 aliphatic rings. The molecule has 0 aromatic heterocycles. The zero-order chi connectivity index (χ0) is 13.3. The van der Waals surface area contributed by atoms with E-state index in [9.17, 15) is 18.0 Å². The topological polar surface area (TPSA) is 101 Å². The second kappa shape index (κ2) is 4.64. The van der Waals surface area contributed by atoms with Crippen LogP contribution in [0.2, 0.25) is 0 Å². The highest BCUT2D eigenvalue weighted by Crippen LogP contribution is 2.20. The van der Waals surface area contributed by atoms with Crippen LogP contribution < -0.4 is 5.32 Å². The zero-order valence-electron chi connectivity index (χ0n) is 9.89. The molecule has 0 aliphatic carbocycles. The molecule has 0 aromatic rings. The highest BCUT2D eigenvalue weighted by molar-refractivity contribution is 7.92. The smallest absolute Gasteiger partial charge is 0.318 e. The van der Waals surface area contributed by atoms with Crippen molar-refractivity contribution in [2.24, 2.45) is 5.41 Å². The third-order valence-electron chi connectivity index (χ3n) is 3.06. The standard InChI is InChI=1S/C10H17NO5S/c1-10(2,9(13)14)8(12)11-6-7-4-3-5-17(7,15)16/h7H,3-6H2,1-2H3,(H,11,12)(H,13,14). The van der Waals surface area contributed by atoms with Gasteiger partial charge in [-0.1, -0.05) is 0 Å². The molecule has 1 rings (SSSR count). The minimum atomic E-state index is -3.11. The van der Waals surface area contributed by atoms with E-state index in [0.29, 0.717) is 12.8 Å². The molecule has 1 fully saturated rings. The van der Waals surface area contributed by atoms with Crippen molar-refractivity contribution in [3.63, 3.8) is 0 Å². The molecule has 1 atom stereocenters. The first-order valence-corrected chi connectivity index (χ1v) is 7.13. The van der Waals surface area contributed by atoms with Gasteiger partial charge in [-0.3, -0.25) is 9.59 Å². The summed E-state index contributed by atoms with van der Waals surface area (Å²) < 4.78 is 23.0. The lowest BCUT2D eigenvalue weighted by Gasteiger charge is -2.19. The number of hydrogen-bond donors (Lipinski definition) is 2. The summed E-state index contributed by atoms with van der Waals surface area (Å²) in [5.41, 5.74) is -1.54. The molecule has 0 aromatic carbocycles. The van der Waals surface area contributed by atoms with Crippen LogP contribution >= 0.6 is 0 Å². The van der Waals surface area contributed by atoms with E-state index >= 15 is 0 Å². The summed E-state index contributed by atoms with van der Waals surface area (Å²) in [5, 5.41) is 10.7. The van der Waals surface area contributed by atoms with Crippen molar-refractivity contribution >= 4 is 21.7 Å². The normalized spacial score (nSPS) is 23.3. The molecule has 6 nitrogen and oxygen atoms in total. The maximum absolute atomic E-state index is 11.6. The van der Waals surface area contributed by atoms with E-state index in [1.165, 1.54) is 13.8 Å². The number of hydrogen-bond acceptors (Lipinski definition) is 4. The van der Waals surface area contributed by atoms with Gasteiger partial charge in [0, 0.05) is 6.54 Å². The van der Waals surface area contributed by atoms with E-state index in [2.05, 4.69) is 5.32 Å². The van der Waals surface area contributed by atoms with Gasteiger partial charge in [0.25, 0.3) is 0 Å². The van der Waals surface area contributed by atoms with Crippen LogP contribution in [0.5, 0.6) is 0 Å². The quantitative estimate of drug-likeness (QED) is 0.684. The van der Waals surface area contributed by atoms with Crippen molar-refractivity contribution in [1.82, 2.24) is 5.32 Å². The molecule has 0 bridgehead atoms. The van der Waals surface area contributed by atoms with Gasteiger partial charge in [0.2, 0.25) is 5.91 Å². The molecule has 1 unspecified atom stereocenters. The van der Waals surface area contributed by atoms with Gasteiger partial charge in [-0.05, 0) is 26.7 Å². The molecule has 7 heteroatoms. The lowest BCUT2D eigenvalue weighted by Crippen LogP contribution is -2.45. The molecule has 98 valence electrons. The lowest BCUT2D eigenvalue weighted by atomic mass is 9.93. The second-order valence-corrected chi connectivity index (χ2v) is 7.17. The van der Waals surface area contributed by atoms with Crippen LogP contribution in [-0.4, -0.2) is 42.9 Å². The fraction of sp³-hybridized carbons (Fsp3) is 0.800. The number of rotatable bonds is 4. The summed E-state index contributed by atoms with van der Waals surface area (Å²) in [5.74, 6) is -1.74. The fourth-order valence-corrected chi connectivity index (χ4v) is 3.38. The van der Waals surface area contributed by atoms with Crippen molar-refractivity contribution in [3.05, 3.63) is 0 Å². The summed E-state index contributed by atoms with van der Waals surface area (Å²) in [4.78, 5) is 22.4. The Hall–Kier alpha value is -1.11. The van der Waals surface area contributed by atoms with Gasteiger partial charge >= 0.3 is 5.97 Å². The summed E-state index contributed by atoms with van der Waals surface area (Å²) in [6, 6.07) is 0. The second-order valence-electron chi connectivity index (χ2n) is 4.77. The van der Waals surface area contributed by atoms with Gasteiger partial charge in [-0.25, -0.2) is 8.42 Å². The first-order chi connectivity index (χ1) is 7.68. The van der Waals surface area contributed by atoms with Crippen molar-refractivity contribution in [2.75, 3.05) is 12.3 Å². The van der Waals surface area contributed by atoms with E-state index < -0.39 is 32.4 Å². The number of aliphatic carboxylic acids is 1. The van der Waals surface area contributed by atoms with Gasteiger partial charge in [-0.2, -0.15) is 0 Å². The van der Waals surface area contributed by atoms with Gasteiger partial charge in [0.15, 0.2) is 9.84 Å². The van der Waals surface area contributed by atoms with E-state index in [1.54, 1.807) is 0 Å². The molecule has 0 radical (unpaired) electrons. The van der Waals surface area contributed by atoms with Gasteiger partial charge in [-0.15, -0.1) is 0 Å². The van der Waals surface area contributed by atoms with Crippen LogP contribution in [0.3, 0.4) is 0 Å². The Labute approximate surface area is 100 Å². The minimum absolute atomic E-state index is 0.00211.